The molecule has 2 aliphatic heterocycles. The van der Waals surface area contributed by atoms with E-state index in [0.29, 0.717) is 36.6 Å². The minimum atomic E-state index is -0.559. The van der Waals surface area contributed by atoms with Crippen molar-refractivity contribution in [3.8, 4) is 0 Å². The van der Waals surface area contributed by atoms with Crippen LogP contribution in [-0.4, -0.2) is 34.5 Å². The maximum absolute atomic E-state index is 14.4. The number of nitrogens with zero attached hydrogens (tertiary/aromatic N) is 3. The molecule has 41 heavy (non-hydrogen) atoms. The largest absolute Gasteiger partial charge is 0.369 e. The Morgan fingerprint density at radius 1 is 0.976 bits per heavy atom. The fourth-order valence-electron chi connectivity index (χ4n) is 5.84. The fourth-order valence-corrected chi connectivity index (χ4v) is 6.07. The van der Waals surface area contributed by atoms with Gasteiger partial charge in [0.25, 0.3) is 11.5 Å². The van der Waals surface area contributed by atoms with Gasteiger partial charge >= 0.3 is 0 Å². The van der Waals surface area contributed by atoms with Crippen molar-refractivity contribution in [2.24, 2.45) is 5.92 Å². The second-order valence-corrected chi connectivity index (χ2v) is 10.9. The first-order valence-electron chi connectivity index (χ1n) is 13.4. The summed E-state index contributed by atoms with van der Waals surface area (Å²) in [6.45, 7) is 1.95. The Balaban J connectivity index is 1.31. The number of hydrogen-bond acceptors (Lipinski definition) is 5. The van der Waals surface area contributed by atoms with Gasteiger partial charge in [-0.25, -0.2) is 4.39 Å². The van der Waals surface area contributed by atoms with Gasteiger partial charge < -0.3 is 20.1 Å². The topological polar surface area (TPSA) is 96.3 Å². The van der Waals surface area contributed by atoms with E-state index in [2.05, 4.69) is 20.5 Å². The first-order chi connectivity index (χ1) is 19.9. The molecule has 2 amide bonds. The lowest BCUT2D eigenvalue weighted by molar-refractivity contribution is -0.115. The zero-order valence-corrected chi connectivity index (χ0v) is 22.8. The minimum absolute atomic E-state index is 0.00923. The molecular weight excluding hydrogens is 545 g/mol. The normalized spacial score (nSPS) is 17.5. The van der Waals surface area contributed by atoms with Gasteiger partial charge in [0.15, 0.2) is 0 Å². The highest BCUT2D eigenvalue weighted by Gasteiger charge is 2.35. The number of hydrogen-bond donors (Lipinski definition) is 2. The average molecular weight is 572 g/mol. The second-order valence-electron chi connectivity index (χ2n) is 10.5. The number of nitrogens with one attached hydrogen (secondary N) is 2. The van der Waals surface area contributed by atoms with E-state index in [9.17, 15) is 18.8 Å². The monoisotopic (exact) mass is 571 g/mol. The molecule has 1 saturated heterocycles. The zero-order valence-electron chi connectivity index (χ0n) is 22.0. The zero-order chi connectivity index (χ0) is 28.5. The van der Waals surface area contributed by atoms with Gasteiger partial charge in [0.05, 0.1) is 17.8 Å². The summed E-state index contributed by atoms with van der Waals surface area (Å²) in [5.74, 6) is -0.974. The number of amides is 2. The van der Waals surface area contributed by atoms with Gasteiger partial charge in [-0.2, -0.15) is 0 Å². The van der Waals surface area contributed by atoms with Crippen molar-refractivity contribution in [1.82, 2.24) is 9.55 Å². The van der Waals surface area contributed by atoms with Crippen LogP contribution in [0, 0.1) is 11.7 Å². The van der Waals surface area contributed by atoms with Gasteiger partial charge in [0.2, 0.25) is 5.91 Å². The van der Waals surface area contributed by atoms with Crippen molar-refractivity contribution in [1.29, 1.82) is 0 Å². The van der Waals surface area contributed by atoms with E-state index >= 15 is 0 Å². The summed E-state index contributed by atoms with van der Waals surface area (Å²) in [5.41, 5.74) is 3.25. The number of fused-ring (bicyclic) bond motifs is 4. The third kappa shape index (κ3) is 5.58. The molecule has 4 heterocycles. The highest BCUT2D eigenvalue weighted by atomic mass is 35.5. The number of aromatic nitrogens is 2. The molecule has 0 aliphatic carbocycles. The lowest BCUT2D eigenvalue weighted by Crippen LogP contribution is -2.47. The van der Waals surface area contributed by atoms with Gasteiger partial charge in [-0.05, 0) is 60.9 Å². The molecule has 4 aromatic rings. The summed E-state index contributed by atoms with van der Waals surface area (Å²) in [6.07, 6.45) is 3.87. The van der Waals surface area contributed by atoms with Gasteiger partial charge in [-0.1, -0.05) is 23.7 Å². The molecule has 2 unspecified atom stereocenters. The molecular formula is C31H27ClFN5O3. The molecule has 2 bridgehead atoms. The molecule has 6 rings (SSSR count). The number of benzene rings is 2. The van der Waals surface area contributed by atoms with Crippen LogP contribution in [-0.2, 0) is 17.8 Å². The molecule has 0 radical (unpaired) electrons. The number of anilines is 3. The van der Waals surface area contributed by atoms with Crippen molar-refractivity contribution >= 4 is 40.5 Å². The van der Waals surface area contributed by atoms with Crippen molar-refractivity contribution < 1.29 is 14.0 Å². The van der Waals surface area contributed by atoms with Crippen LogP contribution in [0.2, 0.25) is 5.02 Å². The Labute approximate surface area is 240 Å². The summed E-state index contributed by atoms with van der Waals surface area (Å²) >= 11 is 6.17. The summed E-state index contributed by atoms with van der Waals surface area (Å²) in [4.78, 5) is 44.9. The van der Waals surface area contributed by atoms with E-state index in [4.69, 9.17) is 11.6 Å². The number of piperidine rings is 1. The van der Waals surface area contributed by atoms with Crippen LogP contribution in [0.3, 0.4) is 0 Å². The number of pyridine rings is 2. The van der Waals surface area contributed by atoms with Gasteiger partial charge in [0.1, 0.15) is 5.82 Å². The smallest absolute Gasteiger partial charge is 0.255 e. The van der Waals surface area contributed by atoms with E-state index in [1.165, 1.54) is 12.1 Å². The molecule has 10 heteroatoms. The quantitative estimate of drug-likeness (QED) is 0.336. The van der Waals surface area contributed by atoms with Crippen LogP contribution < -0.4 is 21.1 Å². The van der Waals surface area contributed by atoms with E-state index in [0.717, 1.165) is 17.8 Å². The molecule has 1 fully saturated rings. The highest BCUT2D eigenvalue weighted by Crippen LogP contribution is 2.39. The number of carbonyl (C=O) groups excluding carboxylic acids is 2. The third-order valence-corrected chi connectivity index (χ3v) is 8.04. The molecule has 2 N–H and O–H groups in total. The first kappa shape index (κ1) is 26.7. The van der Waals surface area contributed by atoms with Crippen molar-refractivity contribution in [3.63, 3.8) is 0 Å². The summed E-state index contributed by atoms with van der Waals surface area (Å²) in [6, 6.07) is 18.2. The lowest BCUT2D eigenvalue weighted by Gasteiger charge is -2.44. The molecule has 2 aliphatic rings. The van der Waals surface area contributed by atoms with E-state index in [1.54, 1.807) is 54.9 Å². The van der Waals surface area contributed by atoms with E-state index in [1.807, 2.05) is 16.7 Å². The molecule has 0 spiro atoms. The van der Waals surface area contributed by atoms with Crippen molar-refractivity contribution in [2.45, 2.75) is 25.3 Å². The number of carbonyl (C=O) groups is 2. The van der Waals surface area contributed by atoms with Crippen LogP contribution in [0.1, 0.15) is 34.0 Å². The Hall–Kier alpha value is -4.50. The van der Waals surface area contributed by atoms with Crippen molar-refractivity contribution in [2.75, 3.05) is 28.6 Å². The van der Waals surface area contributed by atoms with Crippen LogP contribution in [0.15, 0.2) is 83.9 Å². The summed E-state index contributed by atoms with van der Waals surface area (Å²) in [7, 11) is 0. The third-order valence-electron chi connectivity index (χ3n) is 7.69. The minimum Gasteiger partial charge on any atom is -0.369 e. The molecule has 8 nitrogen and oxygen atoms in total. The van der Waals surface area contributed by atoms with Crippen LogP contribution in [0.5, 0.6) is 0 Å². The number of rotatable bonds is 6. The molecule has 2 aromatic carbocycles. The summed E-state index contributed by atoms with van der Waals surface area (Å²) < 4.78 is 16.3. The fraction of sp³-hybridized carbons (Fsp3) is 0.226. The summed E-state index contributed by atoms with van der Waals surface area (Å²) in [5, 5.41) is 5.92. The predicted molar refractivity (Wildman–Crippen MR) is 156 cm³/mol. The van der Waals surface area contributed by atoms with Crippen molar-refractivity contribution in [3.05, 3.63) is 117 Å². The van der Waals surface area contributed by atoms with Crippen LogP contribution in [0.25, 0.3) is 0 Å². The van der Waals surface area contributed by atoms with E-state index < -0.39 is 11.7 Å². The van der Waals surface area contributed by atoms with Gasteiger partial charge in [0, 0.05) is 71.5 Å². The Morgan fingerprint density at radius 2 is 1.78 bits per heavy atom. The highest BCUT2D eigenvalue weighted by molar-refractivity contribution is 6.31. The molecule has 2 aromatic heterocycles. The predicted octanol–water partition coefficient (Wildman–Crippen LogP) is 5.09. The maximum Gasteiger partial charge on any atom is 0.255 e. The van der Waals surface area contributed by atoms with Crippen LogP contribution >= 0.6 is 11.6 Å². The maximum atomic E-state index is 14.4. The SMILES string of the molecule is O=C(Cc1c(F)cccc1Cl)Nc1cc(C(=O)Nc2ccncc2)ccc1N1CC2CC(C1)c1cccc(=O)n1C2. The lowest BCUT2D eigenvalue weighted by atomic mass is 9.83. The van der Waals surface area contributed by atoms with E-state index in [-0.39, 0.29) is 40.3 Å². The Bertz CT molecular complexity index is 1670. The standard InChI is InChI=1S/C31H27ClFN5O3/c32-24-3-1-4-25(33)23(24)15-29(39)36-26-14-20(31(41)35-22-9-11-34-12-10-22)7-8-28(26)37-16-19-13-21(18-37)27-5-2-6-30(40)38(27)17-19/h1-12,14,19,21H,13,15-18H2,(H,36,39)(H,34,35,41). The van der Waals surface area contributed by atoms with Gasteiger partial charge in [-0.3, -0.25) is 19.4 Å². The first-order valence-corrected chi connectivity index (χ1v) is 13.8. The second kappa shape index (κ2) is 11.2. The van der Waals surface area contributed by atoms with Crippen LogP contribution in [0.4, 0.5) is 21.5 Å². The Kier molecular flexibility index (Phi) is 7.28. The Morgan fingerprint density at radius 3 is 2.59 bits per heavy atom. The average Bonchev–Trinajstić information content (AvgIpc) is 2.96. The molecule has 0 saturated carbocycles. The molecule has 208 valence electrons. The van der Waals surface area contributed by atoms with Gasteiger partial charge in [-0.15, -0.1) is 0 Å². The molecule has 2 atom stereocenters. The number of halogens is 2.